The normalized spacial score (nSPS) is 18.5. The summed E-state index contributed by atoms with van der Waals surface area (Å²) in [5, 5.41) is 49.4. The monoisotopic (exact) mass is 277 g/mol. The van der Waals surface area contributed by atoms with Gasteiger partial charge in [-0.3, -0.25) is 0 Å². The Morgan fingerprint density at radius 3 is 1.79 bits per heavy atom. The standard InChI is InChI=1S/C14H29O5/c1-10(17)6-14(19,12(2,3)9-16)11(8-15)7-13(4,5)18/h11,15-19H,6-9H2,1-5H3. The predicted octanol–water partition coefficient (Wildman–Crippen LogP) is 0.820. The number of hydrogen-bond donors (Lipinski definition) is 5. The fourth-order valence-electron chi connectivity index (χ4n) is 2.45. The molecule has 115 valence electrons. The van der Waals surface area contributed by atoms with Crippen LogP contribution in [0.25, 0.3) is 0 Å². The predicted molar refractivity (Wildman–Crippen MR) is 72.8 cm³/mol. The molecule has 0 saturated carbocycles. The quantitative estimate of drug-likeness (QED) is 0.452. The van der Waals surface area contributed by atoms with E-state index in [4.69, 9.17) is 0 Å². The molecule has 0 aromatic heterocycles. The summed E-state index contributed by atoms with van der Waals surface area (Å²) in [6, 6.07) is 0. The SMILES string of the molecule is C[C](O)CC(O)(C(CO)CC(C)(C)O)C(C)(C)CO. The van der Waals surface area contributed by atoms with Crippen molar-refractivity contribution in [3.05, 3.63) is 6.10 Å². The molecule has 0 aromatic rings. The smallest absolute Gasteiger partial charge is 0.0931 e. The van der Waals surface area contributed by atoms with E-state index < -0.39 is 22.5 Å². The Balaban J connectivity index is 5.43. The highest BCUT2D eigenvalue weighted by atomic mass is 16.3. The van der Waals surface area contributed by atoms with Crippen LogP contribution in [0.2, 0.25) is 0 Å². The highest BCUT2D eigenvalue weighted by molar-refractivity contribution is 5.03. The zero-order valence-electron chi connectivity index (χ0n) is 12.6. The number of aliphatic hydroxyl groups is 5. The van der Waals surface area contributed by atoms with Gasteiger partial charge in [0.25, 0.3) is 0 Å². The van der Waals surface area contributed by atoms with E-state index >= 15 is 0 Å². The van der Waals surface area contributed by atoms with Gasteiger partial charge in [-0.05, 0) is 27.2 Å². The minimum absolute atomic E-state index is 0.0261. The first-order valence-electron chi connectivity index (χ1n) is 6.57. The Morgan fingerprint density at radius 2 is 1.53 bits per heavy atom. The molecule has 0 rings (SSSR count). The molecule has 5 N–H and O–H groups in total. The summed E-state index contributed by atoms with van der Waals surface area (Å²) in [6.45, 7) is 7.37. The van der Waals surface area contributed by atoms with Crippen molar-refractivity contribution in [2.24, 2.45) is 11.3 Å². The van der Waals surface area contributed by atoms with Gasteiger partial charge < -0.3 is 25.5 Å². The maximum atomic E-state index is 10.9. The van der Waals surface area contributed by atoms with Crippen molar-refractivity contribution in [3.8, 4) is 0 Å². The maximum Gasteiger partial charge on any atom is 0.0931 e. The average Bonchev–Trinajstić information content (AvgIpc) is 2.23. The van der Waals surface area contributed by atoms with Crippen LogP contribution in [0.3, 0.4) is 0 Å². The van der Waals surface area contributed by atoms with Crippen LogP contribution in [0.15, 0.2) is 0 Å². The Labute approximate surface area is 115 Å². The molecule has 5 nitrogen and oxygen atoms in total. The number of hydrogen-bond acceptors (Lipinski definition) is 5. The van der Waals surface area contributed by atoms with Gasteiger partial charge in [0.2, 0.25) is 0 Å². The molecule has 0 aromatic carbocycles. The van der Waals surface area contributed by atoms with E-state index in [0.29, 0.717) is 0 Å². The largest absolute Gasteiger partial charge is 0.396 e. The fraction of sp³-hybridized carbons (Fsp3) is 0.929. The van der Waals surface area contributed by atoms with Crippen LogP contribution in [0.1, 0.15) is 47.5 Å². The lowest BCUT2D eigenvalue weighted by Gasteiger charge is -2.48. The van der Waals surface area contributed by atoms with Gasteiger partial charge in [0, 0.05) is 24.4 Å². The van der Waals surface area contributed by atoms with Crippen molar-refractivity contribution in [1.29, 1.82) is 0 Å². The molecule has 0 aliphatic carbocycles. The van der Waals surface area contributed by atoms with Crippen LogP contribution in [0, 0.1) is 17.4 Å². The van der Waals surface area contributed by atoms with Crippen molar-refractivity contribution in [3.63, 3.8) is 0 Å². The summed E-state index contributed by atoms with van der Waals surface area (Å²) in [4.78, 5) is 0. The third-order valence-corrected chi connectivity index (χ3v) is 3.73. The summed E-state index contributed by atoms with van der Waals surface area (Å²) < 4.78 is 0. The zero-order valence-corrected chi connectivity index (χ0v) is 12.6. The van der Waals surface area contributed by atoms with E-state index in [-0.39, 0.29) is 32.2 Å². The number of aliphatic hydroxyl groups excluding tert-OH is 3. The lowest BCUT2D eigenvalue weighted by Crippen LogP contribution is -2.55. The molecule has 0 amide bonds. The van der Waals surface area contributed by atoms with Gasteiger partial charge in [0.05, 0.1) is 23.9 Å². The molecule has 0 aliphatic heterocycles. The first-order valence-corrected chi connectivity index (χ1v) is 6.57. The van der Waals surface area contributed by atoms with Gasteiger partial charge in [-0.2, -0.15) is 0 Å². The second kappa shape index (κ2) is 6.50. The van der Waals surface area contributed by atoms with Crippen LogP contribution < -0.4 is 0 Å². The molecule has 2 atom stereocenters. The molecular formula is C14H29O5. The van der Waals surface area contributed by atoms with Gasteiger partial charge in [0.15, 0.2) is 0 Å². The molecule has 0 fully saturated rings. The zero-order chi connectivity index (χ0) is 15.5. The van der Waals surface area contributed by atoms with Crippen molar-refractivity contribution in [2.75, 3.05) is 13.2 Å². The summed E-state index contributed by atoms with van der Waals surface area (Å²) in [5.74, 6) is -0.656. The van der Waals surface area contributed by atoms with Gasteiger partial charge in [-0.1, -0.05) is 13.8 Å². The van der Waals surface area contributed by atoms with E-state index in [2.05, 4.69) is 0 Å². The first-order chi connectivity index (χ1) is 8.39. The topological polar surface area (TPSA) is 101 Å². The van der Waals surface area contributed by atoms with Gasteiger partial charge in [0.1, 0.15) is 0 Å². The summed E-state index contributed by atoms with van der Waals surface area (Å²) in [7, 11) is 0. The molecule has 0 spiro atoms. The Bertz CT molecular complexity index is 270. The third kappa shape index (κ3) is 5.00. The van der Waals surface area contributed by atoms with E-state index in [9.17, 15) is 25.5 Å². The second-order valence-corrected chi connectivity index (χ2v) is 6.77. The van der Waals surface area contributed by atoms with Crippen LogP contribution in [0.5, 0.6) is 0 Å². The second-order valence-electron chi connectivity index (χ2n) is 6.77. The Hall–Kier alpha value is -0.200. The Morgan fingerprint density at radius 1 is 1.05 bits per heavy atom. The minimum atomic E-state index is -1.50. The fourth-order valence-corrected chi connectivity index (χ4v) is 2.45. The summed E-state index contributed by atoms with van der Waals surface area (Å²) in [5.41, 5.74) is -3.48. The number of rotatable bonds is 8. The lowest BCUT2D eigenvalue weighted by atomic mass is 9.63. The molecule has 0 heterocycles. The molecule has 19 heavy (non-hydrogen) atoms. The van der Waals surface area contributed by atoms with Crippen molar-refractivity contribution in [1.82, 2.24) is 0 Å². The molecule has 0 aliphatic rings. The van der Waals surface area contributed by atoms with Crippen LogP contribution in [-0.4, -0.2) is 49.9 Å². The van der Waals surface area contributed by atoms with E-state index in [1.807, 2.05) is 0 Å². The minimum Gasteiger partial charge on any atom is -0.396 e. The van der Waals surface area contributed by atoms with Crippen molar-refractivity contribution < 1.29 is 25.5 Å². The van der Waals surface area contributed by atoms with Crippen LogP contribution >= 0.6 is 0 Å². The van der Waals surface area contributed by atoms with Crippen molar-refractivity contribution in [2.45, 2.75) is 58.7 Å². The summed E-state index contributed by atoms with van der Waals surface area (Å²) >= 11 is 0. The Kier molecular flexibility index (Phi) is 6.43. The average molecular weight is 277 g/mol. The third-order valence-electron chi connectivity index (χ3n) is 3.73. The van der Waals surface area contributed by atoms with Gasteiger partial charge in [-0.25, -0.2) is 0 Å². The van der Waals surface area contributed by atoms with Gasteiger partial charge >= 0.3 is 0 Å². The lowest BCUT2D eigenvalue weighted by molar-refractivity contribution is -0.162. The molecule has 5 heteroatoms. The highest BCUT2D eigenvalue weighted by Gasteiger charge is 2.50. The van der Waals surface area contributed by atoms with E-state index in [1.54, 1.807) is 27.7 Å². The first kappa shape index (κ1) is 18.8. The molecular weight excluding hydrogens is 248 g/mol. The van der Waals surface area contributed by atoms with Crippen LogP contribution in [0.4, 0.5) is 0 Å². The highest BCUT2D eigenvalue weighted by Crippen LogP contribution is 2.44. The molecule has 0 bridgehead atoms. The van der Waals surface area contributed by atoms with Crippen molar-refractivity contribution >= 4 is 0 Å². The van der Waals surface area contributed by atoms with Gasteiger partial charge in [-0.15, -0.1) is 0 Å². The molecule has 0 saturated heterocycles. The van der Waals surface area contributed by atoms with E-state index in [0.717, 1.165) is 0 Å². The maximum absolute atomic E-state index is 10.9. The molecule has 2 unspecified atom stereocenters. The van der Waals surface area contributed by atoms with E-state index in [1.165, 1.54) is 6.92 Å². The van der Waals surface area contributed by atoms with Crippen LogP contribution in [-0.2, 0) is 0 Å². The summed E-state index contributed by atoms with van der Waals surface area (Å²) in [6.07, 6.45) is 0.136. The molecule has 1 radical (unpaired) electrons.